The molecular weight excluding hydrogens is 590 g/mol. The molecule has 1 unspecified atom stereocenters. The number of benzene rings is 3. The van der Waals surface area contributed by atoms with Gasteiger partial charge in [-0.1, -0.05) is 110 Å². The van der Waals surface area contributed by atoms with Gasteiger partial charge in [-0.2, -0.15) is 0 Å². The SMILES string of the molecule is CCC[C@](C(=O)NN)(c1ccc(C)cc1[C@H](C/C=C/c1ccccc1)C(=O)NOC1CCCCO1)S(=O)(=O)Cc1ccccc1. The van der Waals surface area contributed by atoms with Gasteiger partial charge in [0.15, 0.2) is 20.9 Å². The molecule has 10 heteroatoms. The Morgan fingerprint density at radius 2 is 1.78 bits per heavy atom. The lowest BCUT2D eigenvalue weighted by Crippen LogP contribution is -2.53. The van der Waals surface area contributed by atoms with Crippen LogP contribution in [0, 0.1) is 6.92 Å². The molecule has 1 aliphatic heterocycles. The number of ether oxygens (including phenoxy) is 1. The molecule has 45 heavy (non-hydrogen) atoms. The maximum atomic E-state index is 14.5. The summed E-state index contributed by atoms with van der Waals surface area (Å²) in [5.74, 6) is 3.10. The van der Waals surface area contributed by atoms with Crippen LogP contribution in [0.5, 0.6) is 0 Å². The number of hydrazine groups is 1. The zero-order valence-corrected chi connectivity index (χ0v) is 26.7. The average Bonchev–Trinajstić information content (AvgIpc) is 3.05. The molecule has 0 aromatic heterocycles. The number of nitrogens with two attached hydrogens (primary N) is 1. The Morgan fingerprint density at radius 1 is 1.07 bits per heavy atom. The molecule has 240 valence electrons. The Kier molecular flexibility index (Phi) is 12.1. The van der Waals surface area contributed by atoms with Gasteiger partial charge in [0.25, 0.3) is 11.8 Å². The van der Waals surface area contributed by atoms with Gasteiger partial charge in [-0.15, -0.1) is 0 Å². The van der Waals surface area contributed by atoms with Crippen molar-refractivity contribution >= 4 is 27.7 Å². The molecule has 0 spiro atoms. The summed E-state index contributed by atoms with van der Waals surface area (Å²) in [4.78, 5) is 33.5. The van der Waals surface area contributed by atoms with Crippen molar-refractivity contribution in [1.82, 2.24) is 10.9 Å². The molecule has 1 fully saturated rings. The summed E-state index contributed by atoms with van der Waals surface area (Å²) < 4.78 is 32.6. The Balaban J connectivity index is 1.84. The number of amides is 2. The fourth-order valence-electron chi connectivity index (χ4n) is 5.84. The summed E-state index contributed by atoms with van der Waals surface area (Å²) in [5, 5.41) is 0. The van der Waals surface area contributed by atoms with Crippen molar-refractivity contribution in [2.45, 2.75) is 75.1 Å². The van der Waals surface area contributed by atoms with E-state index in [-0.39, 0.29) is 24.2 Å². The van der Waals surface area contributed by atoms with Crippen LogP contribution in [0.25, 0.3) is 6.08 Å². The van der Waals surface area contributed by atoms with Gasteiger partial charge in [-0.25, -0.2) is 24.6 Å². The van der Waals surface area contributed by atoms with Crippen LogP contribution in [0.15, 0.2) is 84.9 Å². The normalized spacial score (nSPS) is 17.4. The number of carbonyl (C=O) groups is 2. The molecule has 1 saturated heterocycles. The van der Waals surface area contributed by atoms with E-state index in [0.717, 1.165) is 24.0 Å². The first-order chi connectivity index (χ1) is 21.7. The molecule has 0 aliphatic carbocycles. The van der Waals surface area contributed by atoms with E-state index in [1.807, 2.05) is 56.3 Å². The lowest BCUT2D eigenvalue weighted by atomic mass is 9.81. The highest BCUT2D eigenvalue weighted by Gasteiger charge is 2.52. The molecule has 9 nitrogen and oxygen atoms in total. The lowest BCUT2D eigenvalue weighted by Gasteiger charge is -2.35. The number of rotatable bonds is 14. The molecule has 0 saturated carbocycles. The molecular formula is C35H43N3O6S. The highest BCUT2D eigenvalue weighted by atomic mass is 32.2. The van der Waals surface area contributed by atoms with Crippen molar-refractivity contribution in [1.29, 1.82) is 0 Å². The summed E-state index contributed by atoms with van der Waals surface area (Å²) in [6.45, 7) is 4.21. The molecule has 0 radical (unpaired) electrons. The third-order valence-corrected chi connectivity index (χ3v) is 10.5. The Bertz CT molecular complexity index is 1560. The van der Waals surface area contributed by atoms with E-state index in [0.29, 0.717) is 30.6 Å². The third kappa shape index (κ3) is 8.26. The number of hydroxylamine groups is 1. The Labute approximate surface area is 266 Å². The minimum atomic E-state index is -4.24. The van der Waals surface area contributed by atoms with Crippen molar-refractivity contribution in [3.8, 4) is 0 Å². The van der Waals surface area contributed by atoms with E-state index < -0.39 is 38.6 Å². The molecule has 2 amide bonds. The van der Waals surface area contributed by atoms with E-state index in [2.05, 4.69) is 10.9 Å². The van der Waals surface area contributed by atoms with Crippen LogP contribution in [0.3, 0.4) is 0 Å². The first-order valence-corrected chi connectivity index (χ1v) is 17.0. The van der Waals surface area contributed by atoms with Gasteiger partial charge in [0, 0.05) is 13.0 Å². The quantitative estimate of drug-likeness (QED) is 0.124. The second kappa shape index (κ2) is 15.9. The van der Waals surface area contributed by atoms with Gasteiger partial charge < -0.3 is 4.74 Å². The van der Waals surface area contributed by atoms with E-state index >= 15 is 0 Å². The van der Waals surface area contributed by atoms with Crippen LogP contribution >= 0.6 is 0 Å². The van der Waals surface area contributed by atoms with E-state index in [1.54, 1.807) is 48.5 Å². The summed E-state index contributed by atoms with van der Waals surface area (Å²) in [6.07, 6.45) is 6.20. The fourth-order valence-corrected chi connectivity index (χ4v) is 8.09. The van der Waals surface area contributed by atoms with Crippen LogP contribution in [0.2, 0.25) is 0 Å². The highest BCUT2D eigenvalue weighted by Crippen LogP contribution is 2.43. The summed E-state index contributed by atoms with van der Waals surface area (Å²) in [6, 6.07) is 23.5. The van der Waals surface area contributed by atoms with Crippen molar-refractivity contribution in [2.75, 3.05) is 6.61 Å². The van der Waals surface area contributed by atoms with Gasteiger partial charge in [-0.05, 0) is 54.9 Å². The van der Waals surface area contributed by atoms with E-state index in [1.165, 1.54) is 0 Å². The average molecular weight is 634 g/mol. The van der Waals surface area contributed by atoms with Crippen LogP contribution in [-0.4, -0.2) is 33.1 Å². The van der Waals surface area contributed by atoms with Crippen LogP contribution in [0.1, 0.15) is 79.2 Å². The predicted molar refractivity (Wildman–Crippen MR) is 175 cm³/mol. The second-order valence-electron chi connectivity index (χ2n) is 11.4. The number of allylic oxidation sites excluding steroid dienone is 1. The van der Waals surface area contributed by atoms with Crippen molar-refractivity contribution in [2.24, 2.45) is 5.84 Å². The number of nitrogens with one attached hydrogen (secondary N) is 2. The van der Waals surface area contributed by atoms with Crippen LogP contribution in [0.4, 0.5) is 0 Å². The predicted octanol–water partition coefficient (Wildman–Crippen LogP) is 5.36. The number of aryl methyl sites for hydroxylation is 1. The van der Waals surface area contributed by atoms with E-state index in [4.69, 9.17) is 15.4 Å². The zero-order chi connectivity index (χ0) is 32.3. The van der Waals surface area contributed by atoms with Crippen molar-refractivity contribution in [3.05, 3.63) is 113 Å². The van der Waals surface area contributed by atoms with Gasteiger partial charge in [0.2, 0.25) is 0 Å². The maximum absolute atomic E-state index is 14.5. The smallest absolute Gasteiger partial charge is 0.259 e. The topological polar surface area (TPSA) is 137 Å². The fraction of sp³-hybridized carbons (Fsp3) is 0.371. The molecule has 1 heterocycles. The van der Waals surface area contributed by atoms with Crippen molar-refractivity contribution < 1.29 is 27.6 Å². The zero-order valence-electron chi connectivity index (χ0n) is 25.9. The summed E-state index contributed by atoms with van der Waals surface area (Å²) >= 11 is 0. The minimum absolute atomic E-state index is 0.0398. The first kappa shape index (κ1) is 34.1. The van der Waals surface area contributed by atoms with Crippen LogP contribution < -0.4 is 16.7 Å². The molecule has 1 aliphatic rings. The maximum Gasteiger partial charge on any atom is 0.259 e. The molecule has 3 aromatic carbocycles. The molecule has 3 aromatic rings. The molecule has 0 bridgehead atoms. The highest BCUT2D eigenvalue weighted by molar-refractivity contribution is 7.92. The Morgan fingerprint density at radius 3 is 2.42 bits per heavy atom. The molecule has 3 atom stereocenters. The van der Waals surface area contributed by atoms with Crippen molar-refractivity contribution in [3.63, 3.8) is 0 Å². The van der Waals surface area contributed by atoms with E-state index in [9.17, 15) is 18.0 Å². The number of sulfone groups is 1. The molecule has 4 rings (SSSR count). The van der Waals surface area contributed by atoms with Gasteiger partial charge in [-0.3, -0.25) is 15.0 Å². The van der Waals surface area contributed by atoms with Gasteiger partial charge >= 0.3 is 0 Å². The monoisotopic (exact) mass is 633 g/mol. The standard InChI is InChI=1S/C35H43N3O6S/c1-3-22-35(34(40)37-36,45(41,42)25-28-15-8-5-9-16-28)31-21-20-26(2)24-30(31)29(18-12-17-27-13-6-4-7-14-27)33(39)38-44-32-19-10-11-23-43-32/h4-9,12-17,20-21,24,29,32H,3,10-11,18-19,22-23,25,36H2,1-2H3,(H,37,40)(H,38,39)/b17-12+/t29-,32?,35+/m0/s1. The lowest BCUT2D eigenvalue weighted by molar-refractivity contribution is -0.201. The van der Waals surface area contributed by atoms with Gasteiger partial charge in [0.1, 0.15) is 0 Å². The van der Waals surface area contributed by atoms with Crippen LogP contribution in [-0.2, 0) is 39.5 Å². The minimum Gasteiger partial charge on any atom is -0.350 e. The summed E-state index contributed by atoms with van der Waals surface area (Å²) in [5.41, 5.74) is 7.64. The second-order valence-corrected chi connectivity index (χ2v) is 13.6. The largest absolute Gasteiger partial charge is 0.350 e. The molecule has 4 N–H and O–H groups in total. The first-order valence-electron chi connectivity index (χ1n) is 15.4. The number of hydrogen-bond acceptors (Lipinski definition) is 7. The van der Waals surface area contributed by atoms with Gasteiger partial charge in [0.05, 0.1) is 11.7 Å². The Hall–Kier alpha value is -3.83. The number of hydrogen-bond donors (Lipinski definition) is 3. The third-order valence-electron chi connectivity index (χ3n) is 8.07. The number of carbonyl (C=O) groups excluding carboxylic acids is 2. The summed E-state index contributed by atoms with van der Waals surface area (Å²) in [7, 11) is -4.24.